The minimum atomic E-state index is -3.56. The Morgan fingerprint density at radius 3 is 2.22 bits per heavy atom. The van der Waals surface area contributed by atoms with E-state index in [2.05, 4.69) is 19.1 Å². The number of nitrogens with two attached hydrogens (primary N) is 1. The zero-order chi connectivity index (χ0) is 19.7. The number of hydrogen-bond donors (Lipinski definition) is 1. The van der Waals surface area contributed by atoms with Crippen molar-refractivity contribution >= 4 is 21.4 Å². The summed E-state index contributed by atoms with van der Waals surface area (Å²) in [6, 6.07) is 14.5. The van der Waals surface area contributed by atoms with Gasteiger partial charge in [-0.15, -0.1) is 0 Å². The Bertz CT molecular complexity index is 881. The Balaban J connectivity index is 2.02. The van der Waals surface area contributed by atoms with Crippen molar-refractivity contribution in [1.82, 2.24) is 0 Å². The van der Waals surface area contributed by atoms with Crippen molar-refractivity contribution < 1.29 is 13.2 Å². The fourth-order valence-electron chi connectivity index (χ4n) is 3.95. The highest BCUT2D eigenvalue weighted by Crippen LogP contribution is 2.63. The van der Waals surface area contributed by atoms with Crippen LogP contribution in [0.5, 0.6) is 0 Å². The molecule has 3 rings (SSSR count). The summed E-state index contributed by atoms with van der Waals surface area (Å²) in [5.74, 6) is -0.180. The van der Waals surface area contributed by atoms with Gasteiger partial charge >= 0.3 is 0 Å². The van der Waals surface area contributed by atoms with Crippen LogP contribution in [-0.2, 0) is 21.0 Å². The highest BCUT2D eigenvalue weighted by Gasteiger charge is 2.70. The quantitative estimate of drug-likeness (QED) is 0.722. The normalized spacial score (nSPS) is 24.7. The topological polar surface area (TPSA) is 69.4 Å². The van der Waals surface area contributed by atoms with Crippen molar-refractivity contribution in [2.24, 2.45) is 11.1 Å². The van der Waals surface area contributed by atoms with Crippen LogP contribution in [0.3, 0.4) is 0 Å². The maximum atomic E-state index is 13.4. The van der Waals surface area contributed by atoms with Gasteiger partial charge in [-0.2, -0.15) is 0 Å². The highest BCUT2D eigenvalue weighted by molar-refractivity contribution is 7.92. The second-order valence-electron chi connectivity index (χ2n) is 7.07. The van der Waals surface area contributed by atoms with Gasteiger partial charge in [0.15, 0.2) is 9.84 Å². The van der Waals surface area contributed by atoms with Crippen molar-refractivity contribution in [3.05, 3.63) is 64.7 Å². The van der Waals surface area contributed by atoms with Crippen LogP contribution in [0.1, 0.15) is 30.9 Å². The van der Waals surface area contributed by atoms with Gasteiger partial charge < -0.3 is 10.5 Å². The third-order valence-corrected chi connectivity index (χ3v) is 8.15. The molecule has 0 unspecified atom stereocenters. The first-order valence-corrected chi connectivity index (χ1v) is 11.2. The number of halogens is 1. The lowest BCUT2D eigenvalue weighted by Crippen LogP contribution is -2.29. The molecule has 0 amide bonds. The Kier molecular flexibility index (Phi) is 5.96. The van der Waals surface area contributed by atoms with Gasteiger partial charge in [-0.1, -0.05) is 42.8 Å². The van der Waals surface area contributed by atoms with Crippen LogP contribution in [0.2, 0.25) is 5.02 Å². The molecule has 0 saturated heterocycles. The van der Waals surface area contributed by atoms with Crippen LogP contribution in [0.15, 0.2) is 53.4 Å². The summed E-state index contributed by atoms with van der Waals surface area (Å²) < 4.78 is 32.5. The average molecular weight is 408 g/mol. The number of hydrogen-bond acceptors (Lipinski definition) is 4. The first kappa shape index (κ1) is 20.3. The van der Waals surface area contributed by atoms with Crippen LogP contribution in [0.25, 0.3) is 0 Å². The van der Waals surface area contributed by atoms with Gasteiger partial charge in [0.2, 0.25) is 0 Å². The van der Waals surface area contributed by atoms with E-state index in [1.165, 1.54) is 5.56 Å². The molecule has 1 saturated carbocycles. The van der Waals surface area contributed by atoms with Gasteiger partial charge in [-0.05, 0) is 48.7 Å². The molecule has 1 aliphatic carbocycles. The van der Waals surface area contributed by atoms with E-state index in [1.807, 2.05) is 19.1 Å². The SMILES string of the molecule is CCOC[C@@]1(CN)[C@H](S(=O)(=O)c2ccc(Cl)cc2)[C@@H]1c1ccc(CC)cc1. The lowest BCUT2D eigenvalue weighted by atomic mass is 9.99. The van der Waals surface area contributed by atoms with E-state index in [0.717, 1.165) is 12.0 Å². The van der Waals surface area contributed by atoms with Gasteiger partial charge in [-0.3, -0.25) is 0 Å². The van der Waals surface area contributed by atoms with Gasteiger partial charge in [0.25, 0.3) is 0 Å². The molecule has 0 aromatic heterocycles. The van der Waals surface area contributed by atoms with Crippen LogP contribution in [0.4, 0.5) is 0 Å². The summed E-state index contributed by atoms with van der Waals surface area (Å²) in [6.45, 7) is 5.11. The van der Waals surface area contributed by atoms with Crippen LogP contribution < -0.4 is 5.73 Å². The zero-order valence-electron chi connectivity index (χ0n) is 15.7. The fraction of sp³-hybridized carbons (Fsp3) is 0.429. The molecule has 3 atom stereocenters. The zero-order valence-corrected chi connectivity index (χ0v) is 17.3. The summed E-state index contributed by atoms with van der Waals surface area (Å²) in [5.41, 5.74) is 7.73. The van der Waals surface area contributed by atoms with E-state index in [9.17, 15) is 8.42 Å². The molecule has 0 heterocycles. The molecule has 1 fully saturated rings. The number of benzene rings is 2. The predicted molar refractivity (Wildman–Crippen MR) is 109 cm³/mol. The minimum Gasteiger partial charge on any atom is -0.381 e. The van der Waals surface area contributed by atoms with Crippen molar-refractivity contribution in [1.29, 1.82) is 0 Å². The summed E-state index contributed by atoms with van der Waals surface area (Å²) in [5, 5.41) is -0.0916. The number of ether oxygens (including phenoxy) is 1. The molecule has 146 valence electrons. The van der Waals surface area contributed by atoms with Gasteiger partial charge in [0, 0.05) is 29.5 Å². The summed E-state index contributed by atoms with van der Waals surface area (Å²) in [6.07, 6.45) is 0.943. The lowest BCUT2D eigenvalue weighted by molar-refractivity contribution is 0.101. The highest BCUT2D eigenvalue weighted by atomic mass is 35.5. The van der Waals surface area contributed by atoms with Crippen LogP contribution >= 0.6 is 11.6 Å². The van der Waals surface area contributed by atoms with E-state index in [1.54, 1.807) is 24.3 Å². The van der Waals surface area contributed by atoms with Crippen LogP contribution in [0, 0.1) is 5.41 Å². The van der Waals surface area contributed by atoms with E-state index in [4.69, 9.17) is 22.1 Å². The summed E-state index contributed by atoms with van der Waals surface area (Å²) in [4.78, 5) is 0.277. The standard InChI is InChI=1S/C21H26ClNO3S/c1-3-15-5-7-16(8-6-15)19-20(21(19,13-23)14-26-4-2)27(24,25)18-11-9-17(22)10-12-18/h5-12,19-20H,3-4,13-14,23H2,1-2H3/t19-,20+,21+/m0/s1. The van der Waals surface area contributed by atoms with Gasteiger partial charge in [0.1, 0.15) is 0 Å². The molecular weight excluding hydrogens is 382 g/mol. The summed E-state index contributed by atoms with van der Waals surface area (Å²) in [7, 11) is -3.56. The second-order valence-corrected chi connectivity index (χ2v) is 9.57. The Morgan fingerprint density at radius 2 is 1.70 bits per heavy atom. The monoisotopic (exact) mass is 407 g/mol. The van der Waals surface area contributed by atoms with Crippen molar-refractivity contribution in [3.8, 4) is 0 Å². The molecule has 0 spiro atoms. The van der Waals surface area contributed by atoms with E-state index in [0.29, 0.717) is 18.2 Å². The first-order chi connectivity index (χ1) is 12.9. The third kappa shape index (κ3) is 3.66. The molecular formula is C21H26ClNO3S. The number of rotatable bonds is 8. The number of aryl methyl sites for hydroxylation is 1. The molecule has 2 aromatic carbocycles. The molecule has 6 heteroatoms. The van der Waals surface area contributed by atoms with Crippen molar-refractivity contribution in [2.75, 3.05) is 19.8 Å². The lowest BCUT2D eigenvalue weighted by Gasteiger charge is -2.16. The average Bonchev–Trinajstić information content (AvgIpc) is 3.37. The van der Waals surface area contributed by atoms with Crippen molar-refractivity contribution in [3.63, 3.8) is 0 Å². The number of sulfone groups is 1. The molecule has 2 aromatic rings. The molecule has 0 radical (unpaired) electrons. The van der Waals surface area contributed by atoms with Gasteiger partial charge in [-0.25, -0.2) is 8.42 Å². The van der Waals surface area contributed by atoms with Gasteiger partial charge in [0.05, 0.1) is 16.8 Å². The van der Waals surface area contributed by atoms with E-state index >= 15 is 0 Å². The Labute approximate surface area is 166 Å². The molecule has 2 N–H and O–H groups in total. The summed E-state index contributed by atoms with van der Waals surface area (Å²) >= 11 is 5.93. The molecule has 4 nitrogen and oxygen atoms in total. The fourth-order valence-corrected chi connectivity index (χ4v) is 6.52. The van der Waals surface area contributed by atoms with Crippen molar-refractivity contribution in [2.45, 2.75) is 36.3 Å². The maximum Gasteiger partial charge on any atom is 0.182 e. The maximum absolute atomic E-state index is 13.4. The molecule has 0 aliphatic heterocycles. The Morgan fingerprint density at radius 1 is 1.07 bits per heavy atom. The largest absolute Gasteiger partial charge is 0.381 e. The molecule has 1 aliphatic rings. The Hall–Kier alpha value is -1.40. The first-order valence-electron chi connectivity index (χ1n) is 9.26. The molecule has 27 heavy (non-hydrogen) atoms. The van der Waals surface area contributed by atoms with E-state index < -0.39 is 20.5 Å². The second kappa shape index (κ2) is 7.92. The minimum absolute atomic E-state index is 0.180. The predicted octanol–water partition coefficient (Wildman–Crippen LogP) is 3.82. The van der Waals surface area contributed by atoms with Crippen LogP contribution in [-0.4, -0.2) is 33.4 Å². The van der Waals surface area contributed by atoms with E-state index in [-0.39, 0.29) is 17.4 Å². The molecule has 0 bridgehead atoms. The third-order valence-electron chi connectivity index (χ3n) is 5.56. The smallest absolute Gasteiger partial charge is 0.182 e.